The summed E-state index contributed by atoms with van der Waals surface area (Å²) in [4.78, 5) is 14.2. The molecule has 0 heterocycles. The zero-order valence-electron chi connectivity index (χ0n) is 13.3. The fourth-order valence-corrected chi connectivity index (χ4v) is 2.50. The second kappa shape index (κ2) is 7.99. The van der Waals surface area contributed by atoms with Gasteiger partial charge in [-0.15, -0.1) is 0 Å². The molecule has 23 heavy (non-hydrogen) atoms. The normalized spacial score (nSPS) is 11.8. The Labute approximate surface area is 141 Å². The molecule has 1 amide bonds. The van der Waals surface area contributed by atoms with E-state index in [0.29, 0.717) is 17.3 Å². The highest BCUT2D eigenvalue weighted by atomic mass is 35.5. The summed E-state index contributed by atoms with van der Waals surface area (Å²) in [5, 5.41) is 13.2. The molecule has 0 saturated carbocycles. The van der Waals surface area contributed by atoms with E-state index in [9.17, 15) is 9.90 Å². The molecule has 122 valence electrons. The summed E-state index contributed by atoms with van der Waals surface area (Å²) >= 11 is 6.07. The van der Waals surface area contributed by atoms with Crippen molar-refractivity contribution in [2.45, 2.75) is 20.0 Å². The number of para-hydroxylation sites is 1. The molecule has 2 aromatic rings. The van der Waals surface area contributed by atoms with Gasteiger partial charge in [0.15, 0.2) is 0 Å². The smallest absolute Gasteiger partial charge is 0.243 e. The zero-order valence-corrected chi connectivity index (χ0v) is 14.0. The number of nitrogens with one attached hydrogen (secondary N) is 1. The molecule has 2 rings (SSSR count). The first-order valence-corrected chi connectivity index (χ1v) is 7.88. The molecule has 5 heteroatoms. The first kappa shape index (κ1) is 17.3. The minimum absolute atomic E-state index is 0.153. The Balaban J connectivity index is 2.10. The van der Waals surface area contributed by atoms with Crippen LogP contribution in [0.2, 0.25) is 5.02 Å². The van der Waals surface area contributed by atoms with Crippen molar-refractivity contribution in [1.82, 2.24) is 0 Å². The summed E-state index contributed by atoms with van der Waals surface area (Å²) in [6, 6.07) is 15.0. The summed E-state index contributed by atoms with van der Waals surface area (Å²) < 4.78 is 0. The minimum Gasteiger partial charge on any atom is -0.392 e. The molecule has 0 fully saturated rings. The van der Waals surface area contributed by atoms with E-state index >= 15 is 0 Å². The lowest BCUT2D eigenvalue weighted by Crippen LogP contribution is -2.37. The molecular formula is C18H21ClN2O2. The van der Waals surface area contributed by atoms with Crippen molar-refractivity contribution in [1.29, 1.82) is 0 Å². The van der Waals surface area contributed by atoms with Gasteiger partial charge in [-0.25, -0.2) is 0 Å². The van der Waals surface area contributed by atoms with Gasteiger partial charge in [-0.2, -0.15) is 0 Å². The number of hydrogen-bond acceptors (Lipinski definition) is 3. The number of aliphatic hydroxyl groups is 1. The maximum absolute atomic E-state index is 12.4. The van der Waals surface area contributed by atoms with Crippen molar-refractivity contribution in [2.75, 3.05) is 23.3 Å². The van der Waals surface area contributed by atoms with E-state index in [0.717, 1.165) is 11.3 Å². The number of amides is 1. The van der Waals surface area contributed by atoms with E-state index in [4.69, 9.17) is 11.6 Å². The Kier molecular flexibility index (Phi) is 6.02. The van der Waals surface area contributed by atoms with Crippen LogP contribution < -0.4 is 10.2 Å². The third-order valence-corrected chi connectivity index (χ3v) is 3.89. The van der Waals surface area contributed by atoms with Crippen LogP contribution in [0.5, 0.6) is 0 Å². The first-order chi connectivity index (χ1) is 11.0. The molecule has 0 saturated heterocycles. The lowest BCUT2D eigenvalue weighted by Gasteiger charge is -2.25. The molecule has 2 aromatic carbocycles. The quantitative estimate of drug-likeness (QED) is 0.851. The van der Waals surface area contributed by atoms with Gasteiger partial charge in [0.05, 0.1) is 12.6 Å². The fraction of sp³-hybridized carbons (Fsp3) is 0.278. The van der Waals surface area contributed by atoms with Crippen molar-refractivity contribution >= 4 is 28.9 Å². The number of benzene rings is 2. The highest BCUT2D eigenvalue weighted by molar-refractivity contribution is 6.31. The van der Waals surface area contributed by atoms with Crippen molar-refractivity contribution < 1.29 is 9.90 Å². The lowest BCUT2D eigenvalue weighted by molar-refractivity contribution is -0.115. The van der Waals surface area contributed by atoms with Crippen molar-refractivity contribution in [3.63, 3.8) is 0 Å². The third kappa shape index (κ3) is 4.98. The second-order valence-corrected chi connectivity index (χ2v) is 5.93. The van der Waals surface area contributed by atoms with Crippen molar-refractivity contribution in [3.05, 3.63) is 59.1 Å². The first-order valence-electron chi connectivity index (χ1n) is 7.50. The molecule has 0 aliphatic heterocycles. The Morgan fingerprint density at radius 2 is 1.91 bits per heavy atom. The number of aliphatic hydroxyl groups excluding tert-OH is 1. The maximum Gasteiger partial charge on any atom is 0.243 e. The topological polar surface area (TPSA) is 52.6 Å². The van der Waals surface area contributed by atoms with E-state index in [-0.39, 0.29) is 12.5 Å². The van der Waals surface area contributed by atoms with Gasteiger partial charge in [0.25, 0.3) is 0 Å². The number of carbonyl (C=O) groups excluding carboxylic acids is 1. The molecule has 4 nitrogen and oxygen atoms in total. The number of nitrogens with zero attached hydrogens (tertiary/aromatic N) is 1. The average molecular weight is 333 g/mol. The van der Waals surface area contributed by atoms with Crippen LogP contribution in [0, 0.1) is 6.92 Å². The standard InChI is InChI=1S/C18H21ClN2O2/c1-13(22)11-21(15-7-4-3-5-8-15)12-18(23)20-17-10-6-9-16(19)14(17)2/h3-10,13,22H,11-12H2,1-2H3,(H,20,23). The molecule has 0 aliphatic rings. The average Bonchev–Trinajstić information content (AvgIpc) is 2.51. The molecule has 0 bridgehead atoms. The van der Waals surface area contributed by atoms with Crippen LogP contribution >= 0.6 is 11.6 Å². The minimum atomic E-state index is -0.532. The summed E-state index contributed by atoms with van der Waals surface area (Å²) in [7, 11) is 0. The van der Waals surface area contributed by atoms with Crippen molar-refractivity contribution in [2.24, 2.45) is 0 Å². The summed E-state index contributed by atoms with van der Waals surface area (Å²) in [5.41, 5.74) is 2.43. The van der Waals surface area contributed by atoms with Crippen LogP contribution in [0.15, 0.2) is 48.5 Å². The molecule has 2 N–H and O–H groups in total. The van der Waals surface area contributed by atoms with E-state index < -0.39 is 6.10 Å². The molecule has 0 radical (unpaired) electrons. The number of rotatable bonds is 6. The fourth-order valence-electron chi connectivity index (χ4n) is 2.32. The van der Waals surface area contributed by atoms with Gasteiger partial charge in [-0.05, 0) is 43.7 Å². The second-order valence-electron chi connectivity index (χ2n) is 5.53. The number of carbonyl (C=O) groups is 1. The Hall–Kier alpha value is -2.04. The molecule has 1 atom stereocenters. The van der Waals surface area contributed by atoms with Gasteiger partial charge in [-0.3, -0.25) is 4.79 Å². The molecular weight excluding hydrogens is 312 g/mol. The summed E-state index contributed by atoms with van der Waals surface area (Å²) in [5.74, 6) is -0.153. The van der Waals surface area contributed by atoms with Gasteiger partial charge in [0, 0.05) is 22.9 Å². The van der Waals surface area contributed by atoms with E-state index in [1.54, 1.807) is 19.1 Å². The van der Waals surface area contributed by atoms with Crippen LogP contribution in [0.1, 0.15) is 12.5 Å². The number of hydrogen-bond donors (Lipinski definition) is 2. The van der Waals surface area contributed by atoms with E-state index in [2.05, 4.69) is 5.32 Å². The Morgan fingerprint density at radius 3 is 2.57 bits per heavy atom. The molecule has 0 aromatic heterocycles. The maximum atomic E-state index is 12.4. The van der Waals surface area contributed by atoms with Crippen LogP contribution in [0.25, 0.3) is 0 Å². The Bertz CT molecular complexity index is 659. The van der Waals surface area contributed by atoms with Gasteiger partial charge in [0.2, 0.25) is 5.91 Å². The highest BCUT2D eigenvalue weighted by Crippen LogP contribution is 2.23. The van der Waals surface area contributed by atoms with Crippen LogP contribution in [0.4, 0.5) is 11.4 Å². The number of halogens is 1. The largest absolute Gasteiger partial charge is 0.392 e. The van der Waals surface area contributed by atoms with Crippen molar-refractivity contribution in [3.8, 4) is 0 Å². The number of anilines is 2. The molecule has 0 spiro atoms. The third-order valence-electron chi connectivity index (χ3n) is 3.48. The van der Waals surface area contributed by atoms with Crippen LogP contribution in [-0.2, 0) is 4.79 Å². The van der Waals surface area contributed by atoms with Gasteiger partial charge >= 0.3 is 0 Å². The lowest BCUT2D eigenvalue weighted by atomic mass is 10.2. The van der Waals surface area contributed by atoms with Gasteiger partial charge in [-0.1, -0.05) is 35.9 Å². The zero-order chi connectivity index (χ0) is 16.8. The van der Waals surface area contributed by atoms with E-state index in [1.807, 2.05) is 48.2 Å². The van der Waals surface area contributed by atoms with Crippen LogP contribution in [0.3, 0.4) is 0 Å². The summed E-state index contributed by atoms with van der Waals surface area (Å²) in [6.45, 7) is 4.10. The SMILES string of the molecule is Cc1c(Cl)cccc1NC(=O)CN(CC(C)O)c1ccccc1. The summed E-state index contributed by atoms with van der Waals surface area (Å²) in [6.07, 6.45) is -0.532. The predicted molar refractivity (Wildman–Crippen MR) is 95.2 cm³/mol. The monoisotopic (exact) mass is 332 g/mol. The molecule has 1 unspecified atom stereocenters. The molecule has 0 aliphatic carbocycles. The van der Waals surface area contributed by atoms with Gasteiger partial charge in [0.1, 0.15) is 0 Å². The van der Waals surface area contributed by atoms with E-state index in [1.165, 1.54) is 0 Å². The van der Waals surface area contributed by atoms with Gasteiger partial charge < -0.3 is 15.3 Å². The Morgan fingerprint density at radius 1 is 1.22 bits per heavy atom. The highest BCUT2D eigenvalue weighted by Gasteiger charge is 2.14. The van der Waals surface area contributed by atoms with Crippen LogP contribution in [-0.4, -0.2) is 30.2 Å². The predicted octanol–water partition coefficient (Wildman–Crippen LogP) is 3.47.